The van der Waals surface area contributed by atoms with Gasteiger partial charge in [0.1, 0.15) is 0 Å². The van der Waals surface area contributed by atoms with Crippen LogP contribution in [0.1, 0.15) is 20.3 Å². The maximum Gasteiger partial charge on any atom is 0.00426 e. The summed E-state index contributed by atoms with van der Waals surface area (Å²) >= 11 is 0. The van der Waals surface area contributed by atoms with Gasteiger partial charge in [-0.25, -0.2) is 0 Å². The Bertz CT molecular complexity index is 70.7. The van der Waals surface area contributed by atoms with Crippen LogP contribution in [0.25, 0.3) is 0 Å². The van der Waals surface area contributed by atoms with Crippen molar-refractivity contribution in [2.75, 3.05) is 5.75 Å². The molecular weight excluding hydrogens is 168 g/mol. The fourth-order valence-corrected chi connectivity index (χ4v) is 3.53. The Morgan fingerprint density at radius 1 is 1.44 bits per heavy atom. The van der Waals surface area contributed by atoms with Crippen LogP contribution >= 0.6 is 31.4 Å². The van der Waals surface area contributed by atoms with E-state index in [9.17, 15) is 0 Å². The summed E-state index contributed by atoms with van der Waals surface area (Å²) in [7, 11) is 5.56. The predicted molar refractivity (Wildman–Crippen MR) is 52.7 cm³/mol. The van der Waals surface area contributed by atoms with Gasteiger partial charge in [-0.2, -0.15) is 0 Å². The minimum Gasteiger partial charge on any atom is -0.0822 e. The van der Waals surface area contributed by atoms with E-state index >= 15 is 0 Å². The van der Waals surface area contributed by atoms with Gasteiger partial charge in [-0.3, -0.25) is 0 Å². The van der Waals surface area contributed by atoms with Crippen LogP contribution in [0.2, 0.25) is 0 Å². The number of rotatable bonds is 5. The Labute approximate surface area is 69.0 Å². The van der Waals surface area contributed by atoms with E-state index in [2.05, 4.69) is 18.4 Å². The Kier molecular flexibility index (Phi) is 9.56. The van der Waals surface area contributed by atoms with Crippen molar-refractivity contribution < 1.29 is 0 Å². The van der Waals surface area contributed by atoms with E-state index in [0.717, 1.165) is 0 Å². The van der Waals surface area contributed by atoms with E-state index in [1.807, 2.05) is 27.5 Å². The van der Waals surface area contributed by atoms with E-state index in [1.54, 1.807) is 10.8 Å². The summed E-state index contributed by atoms with van der Waals surface area (Å²) in [6.07, 6.45) is 3.33. The molecule has 0 fully saturated rings. The maximum absolute atomic E-state index is 2.20. The molecule has 0 nitrogen and oxygen atoms in total. The number of hydrogen-bond donors (Lipinski definition) is 0. The van der Waals surface area contributed by atoms with E-state index in [-0.39, 0.29) is 0 Å². The Morgan fingerprint density at radius 3 is 2.78 bits per heavy atom. The molecule has 3 heteroatoms. The molecule has 0 saturated carbocycles. The van der Waals surface area contributed by atoms with Crippen LogP contribution in [-0.2, 0) is 0 Å². The normalized spacial score (nSPS) is 10.9. The van der Waals surface area contributed by atoms with Crippen LogP contribution in [0.3, 0.4) is 0 Å². The lowest BCUT2D eigenvalue weighted by atomic mass is 10.6. The molecule has 0 rings (SSSR count). The molecule has 0 aromatic heterocycles. The molecule has 0 aliphatic rings. The zero-order valence-electron chi connectivity index (χ0n) is 5.79. The Hall–Kier alpha value is 0.790. The number of hydrogen-bond acceptors (Lipinski definition) is 3. The zero-order valence-corrected chi connectivity index (χ0v) is 8.24. The molecule has 0 heterocycles. The van der Waals surface area contributed by atoms with Gasteiger partial charge in [0.05, 0.1) is 0 Å². The van der Waals surface area contributed by atoms with Crippen LogP contribution < -0.4 is 0 Å². The van der Waals surface area contributed by atoms with Crippen LogP contribution in [-0.4, -0.2) is 5.75 Å². The highest BCUT2D eigenvalue weighted by Crippen LogP contribution is 2.35. The molecule has 0 aromatic rings. The highest BCUT2D eigenvalue weighted by atomic mass is 33.5. The standard InChI is InChI=1S/C6H12S3/c1-3-5-7-9-8-6-4-2/h3,5H,4,6H2,1-2H3/b5-3+. The van der Waals surface area contributed by atoms with Crippen LogP contribution in [0.15, 0.2) is 11.5 Å². The smallest absolute Gasteiger partial charge is 0.00426 e. The SMILES string of the molecule is C/C=C/SSSCCC. The second-order valence-electron chi connectivity index (χ2n) is 1.46. The molecule has 0 radical (unpaired) electrons. The molecule has 0 amide bonds. The lowest BCUT2D eigenvalue weighted by Crippen LogP contribution is -1.63. The summed E-state index contributed by atoms with van der Waals surface area (Å²) < 4.78 is 0. The number of allylic oxidation sites excluding steroid dienone is 1. The molecule has 0 atom stereocenters. The molecular formula is C6H12S3. The van der Waals surface area contributed by atoms with Gasteiger partial charge in [0.15, 0.2) is 0 Å². The van der Waals surface area contributed by atoms with Crippen molar-refractivity contribution in [3.8, 4) is 0 Å². The van der Waals surface area contributed by atoms with E-state index in [0.29, 0.717) is 0 Å². The minimum absolute atomic E-state index is 1.26. The summed E-state index contributed by atoms with van der Waals surface area (Å²) in [5, 5.41) is 2.10. The minimum atomic E-state index is 1.26. The molecule has 0 aliphatic carbocycles. The molecule has 0 aliphatic heterocycles. The lowest BCUT2D eigenvalue weighted by Gasteiger charge is -1.91. The fraction of sp³-hybridized carbons (Fsp3) is 0.667. The van der Waals surface area contributed by atoms with Crippen molar-refractivity contribution >= 4 is 31.4 Å². The van der Waals surface area contributed by atoms with Crippen molar-refractivity contribution in [3.05, 3.63) is 11.5 Å². The Morgan fingerprint density at radius 2 is 2.22 bits per heavy atom. The maximum atomic E-state index is 2.20. The average molecular weight is 180 g/mol. The van der Waals surface area contributed by atoms with Gasteiger partial charge in [-0.05, 0) is 28.6 Å². The van der Waals surface area contributed by atoms with Gasteiger partial charge in [-0.1, -0.05) is 34.6 Å². The Balaban J connectivity index is 2.75. The van der Waals surface area contributed by atoms with Crippen LogP contribution in [0, 0.1) is 0 Å². The monoisotopic (exact) mass is 180 g/mol. The second-order valence-corrected chi connectivity index (χ2v) is 5.62. The third kappa shape index (κ3) is 8.79. The van der Waals surface area contributed by atoms with Gasteiger partial charge in [0.2, 0.25) is 0 Å². The van der Waals surface area contributed by atoms with Crippen LogP contribution in [0.4, 0.5) is 0 Å². The molecule has 9 heavy (non-hydrogen) atoms. The van der Waals surface area contributed by atoms with E-state index < -0.39 is 0 Å². The third-order valence-corrected chi connectivity index (χ3v) is 4.63. The van der Waals surface area contributed by atoms with E-state index in [1.165, 1.54) is 12.2 Å². The first-order valence-electron chi connectivity index (χ1n) is 2.98. The third-order valence-electron chi connectivity index (χ3n) is 0.566. The molecule has 0 N–H and O–H groups in total. The largest absolute Gasteiger partial charge is 0.0822 e. The predicted octanol–water partition coefficient (Wildman–Crippen LogP) is 3.96. The van der Waals surface area contributed by atoms with Crippen LogP contribution in [0.5, 0.6) is 0 Å². The molecule has 0 saturated heterocycles. The lowest BCUT2D eigenvalue weighted by molar-refractivity contribution is 1.11. The highest BCUT2D eigenvalue weighted by molar-refractivity contribution is 9.09. The second kappa shape index (κ2) is 8.79. The van der Waals surface area contributed by atoms with Crippen molar-refractivity contribution in [2.45, 2.75) is 20.3 Å². The molecule has 54 valence electrons. The van der Waals surface area contributed by atoms with Gasteiger partial charge in [0, 0.05) is 5.75 Å². The first kappa shape index (κ1) is 9.79. The van der Waals surface area contributed by atoms with Gasteiger partial charge in [-0.15, -0.1) is 0 Å². The molecule has 0 unspecified atom stereocenters. The summed E-state index contributed by atoms with van der Waals surface area (Å²) in [5.74, 6) is 1.26. The van der Waals surface area contributed by atoms with Crippen molar-refractivity contribution in [1.29, 1.82) is 0 Å². The van der Waals surface area contributed by atoms with Crippen molar-refractivity contribution in [2.24, 2.45) is 0 Å². The summed E-state index contributed by atoms with van der Waals surface area (Å²) in [4.78, 5) is 0. The summed E-state index contributed by atoms with van der Waals surface area (Å²) in [6, 6.07) is 0. The fourth-order valence-electron chi connectivity index (χ4n) is 0.223. The average Bonchev–Trinajstić information content (AvgIpc) is 1.89. The highest BCUT2D eigenvalue weighted by Gasteiger charge is 1.83. The van der Waals surface area contributed by atoms with Crippen molar-refractivity contribution in [3.63, 3.8) is 0 Å². The van der Waals surface area contributed by atoms with E-state index in [4.69, 9.17) is 0 Å². The van der Waals surface area contributed by atoms with Gasteiger partial charge < -0.3 is 0 Å². The topological polar surface area (TPSA) is 0 Å². The molecule has 0 bridgehead atoms. The quantitative estimate of drug-likeness (QED) is 0.464. The summed E-state index contributed by atoms with van der Waals surface area (Å²) in [6.45, 7) is 4.24. The van der Waals surface area contributed by atoms with Crippen molar-refractivity contribution in [1.82, 2.24) is 0 Å². The summed E-state index contributed by atoms with van der Waals surface area (Å²) in [5.41, 5.74) is 0. The van der Waals surface area contributed by atoms with Gasteiger partial charge in [0.25, 0.3) is 0 Å². The van der Waals surface area contributed by atoms with Gasteiger partial charge >= 0.3 is 0 Å². The zero-order chi connectivity index (χ0) is 6.95. The molecule has 0 spiro atoms. The molecule has 0 aromatic carbocycles. The first-order chi connectivity index (χ1) is 4.41. The first-order valence-corrected chi connectivity index (χ1v) is 6.69.